The maximum Gasteiger partial charge on any atom is 0.178 e. The molecule has 88 valence electrons. The third kappa shape index (κ3) is 2.91. The van der Waals surface area contributed by atoms with Gasteiger partial charge >= 0.3 is 0 Å². The second-order valence-corrected chi connectivity index (χ2v) is 5.56. The Hall–Kier alpha value is -0.700. The first-order valence-corrected chi connectivity index (χ1v) is 7.11. The van der Waals surface area contributed by atoms with Crippen molar-refractivity contribution in [1.29, 1.82) is 0 Å². The van der Waals surface area contributed by atoms with Gasteiger partial charge in [0.15, 0.2) is 5.78 Å². The van der Waals surface area contributed by atoms with Crippen LogP contribution in [0.25, 0.3) is 0 Å². The molecule has 3 heteroatoms. The molecule has 1 heterocycles. The fourth-order valence-electron chi connectivity index (χ4n) is 2.34. The Morgan fingerprint density at radius 1 is 1.25 bits per heavy atom. The van der Waals surface area contributed by atoms with E-state index in [2.05, 4.69) is 4.98 Å². The predicted octanol–water partition coefficient (Wildman–Crippen LogP) is 4.17. The summed E-state index contributed by atoms with van der Waals surface area (Å²) in [6, 6.07) is 0. The van der Waals surface area contributed by atoms with Crippen LogP contribution in [0.15, 0.2) is 5.38 Å². The monoisotopic (exact) mass is 237 g/mol. The van der Waals surface area contributed by atoms with Gasteiger partial charge in [0, 0.05) is 18.2 Å². The van der Waals surface area contributed by atoms with Gasteiger partial charge in [0.2, 0.25) is 0 Å². The molecule has 1 fully saturated rings. The molecule has 0 atom stereocenters. The molecule has 0 unspecified atom stereocenters. The molecule has 0 saturated heterocycles. The van der Waals surface area contributed by atoms with E-state index in [0.29, 0.717) is 11.6 Å². The van der Waals surface area contributed by atoms with Gasteiger partial charge in [-0.2, -0.15) is 0 Å². The van der Waals surface area contributed by atoms with E-state index >= 15 is 0 Å². The second-order valence-electron chi connectivity index (χ2n) is 4.67. The van der Waals surface area contributed by atoms with Crippen molar-refractivity contribution >= 4 is 17.1 Å². The number of hydrogen-bond donors (Lipinski definition) is 0. The molecule has 1 aromatic heterocycles. The first-order chi connectivity index (χ1) is 7.77. The van der Waals surface area contributed by atoms with Gasteiger partial charge in [-0.3, -0.25) is 4.79 Å². The van der Waals surface area contributed by atoms with Crippen molar-refractivity contribution in [1.82, 2.24) is 4.98 Å². The highest BCUT2D eigenvalue weighted by molar-refractivity contribution is 7.09. The van der Waals surface area contributed by atoms with Crippen molar-refractivity contribution in [3.8, 4) is 0 Å². The molecule has 0 amide bonds. The summed E-state index contributed by atoms with van der Waals surface area (Å²) < 4.78 is 0. The highest BCUT2D eigenvalue weighted by Gasteiger charge is 2.17. The zero-order chi connectivity index (χ0) is 11.4. The third-order valence-corrected chi connectivity index (χ3v) is 4.34. The molecule has 16 heavy (non-hydrogen) atoms. The molecule has 2 nitrogen and oxygen atoms in total. The number of nitrogens with zero attached hydrogens (tertiary/aromatic N) is 1. The van der Waals surface area contributed by atoms with E-state index in [4.69, 9.17) is 0 Å². The summed E-state index contributed by atoms with van der Waals surface area (Å²) in [5, 5.41) is 3.10. The number of aromatic nitrogens is 1. The maximum absolute atomic E-state index is 11.2. The molecule has 0 aromatic carbocycles. The summed E-state index contributed by atoms with van der Waals surface area (Å²) in [5.41, 5.74) is 0.655. The Morgan fingerprint density at radius 2 is 1.88 bits per heavy atom. The molecular formula is C13H19NOS. The van der Waals surface area contributed by atoms with Crippen LogP contribution in [-0.4, -0.2) is 10.8 Å². The van der Waals surface area contributed by atoms with Crippen molar-refractivity contribution in [3.05, 3.63) is 16.1 Å². The van der Waals surface area contributed by atoms with Gasteiger partial charge in [0.25, 0.3) is 0 Å². The van der Waals surface area contributed by atoms with E-state index in [1.54, 1.807) is 18.3 Å². The topological polar surface area (TPSA) is 30.0 Å². The fraction of sp³-hybridized carbons (Fsp3) is 0.692. The first kappa shape index (κ1) is 11.8. The zero-order valence-corrected chi connectivity index (χ0v) is 10.7. The van der Waals surface area contributed by atoms with Crippen molar-refractivity contribution < 1.29 is 4.79 Å². The smallest absolute Gasteiger partial charge is 0.178 e. The van der Waals surface area contributed by atoms with Crippen molar-refractivity contribution in [3.63, 3.8) is 0 Å². The van der Waals surface area contributed by atoms with Gasteiger partial charge in [0.1, 0.15) is 5.69 Å². The average molecular weight is 237 g/mol. The Bertz CT molecular complexity index is 351. The van der Waals surface area contributed by atoms with Gasteiger partial charge in [-0.1, -0.05) is 32.1 Å². The summed E-state index contributed by atoms with van der Waals surface area (Å²) >= 11 is 1.67. The highest BCUT2D eigenvalue weighted by atomic mass is 32.1. The molecule has 1 saturated carbocycles. The lowest BCUT2D eigenvalue weighted by molar-refractivity contribution is 0.101. The first-order valence-electron chi connectivity index (χ1n) is 6.24. The number of rotatable bonds is 2. The van der Waals surface area contributed by atoms with Crippen LogP contribution < -0.4 is 0 Å². The number of carbonyl (C=O) groups excluding carboxylic acids is 1. The number of ketones is 1. The van der Waals surface area contributed by atoms with Crippen LogP contribution >= 0.6 is 11.3 Å². The SMILES string of the molecule is CC(=O)c1csc(C2CCCCCCC2)n1. The van der Waals surface area contributed by atoms with Crippen LogP contribution in [0.3, 0.4) is 0 Å². The van der Waals surface area contributed by atoms with Crippen LogP contribution in [-0.2, 0) is 0 Å². The van der Waals surface area contributed by atoms with E-state index in [0.717, 1.165) is 0 Å². The van der Waals surface area contributed by atoms with Crippen LogP contribution in [0.1, 0.15) is 73.3 Å². The number of hydrogen-bond acceptors (Lipinski definition) is 3. The average Bonchev–Trinajstić information content (AvgIpc) is 2.66. The third-order valence-electron chi connectivity index (χ3n) is 3.34. The summed E-state index contributed by atoms with van der Waals surface area (Å²) in [5.74, 6) is 0.701. The molecule has 1 aliphatic rings. The normalized spacial score (nSPS) is 19.1. The van der Waals surface area contributed by atoms with Gasteiger partial charge < -0.3 is 0 Å². The van der Waals surface area contributed by atoms with E-state index < -0.39 is 0 Å². The molecule has 0 aliphatic heterocycles. The highest BCUT2D eigenvalue weighted by Crippen LogP contribution is 2.32. The van der Waals surface area contributed by atoms with Crippen molar-refractivity contribution in [2.75, 3.05) is 0 Å². The van der Waals surface area contributed by atoms with Crippen LogP contribution in [0, 0.1) is 0 Å². The Balaban J connectivity index is 2.05. The minimum atomic E-state index is 0.0911. The van der Waals surface area contributed by atoms with Crippen LogP contribution in [0.5, 0.6) is 0 Å². The van der Waals surface area contributed by atoms with Gasteiger partial charge in [-0.15, -0.1) is 11.3 Å². The molecule has 0 radical (unpaired) electrons. The maximum atomic E-state index is 11.2. The summed E-state index contributed by atoms with van der Waals surface area (Å²) in [6.45, 7) is 1.59. The summed E-state index contributed by atoms with van der Waals surface area (Å²) in [4.78, 5) is 15.7. The molecular weight excluding hydrogens is 218 g/mol. The predicted molar refractivity (Wildman–Crippen MR) is 67.2 cm³/mol. The van der Waals surface area contributed by atoms with E-state index in [1.807, 2.05) is 5.38 Å². The lowest BCUT2D eigenvalue weighted by Gasteiger charge is -2.17. The summed E-state index contributed by atoms with van der Waals surface area (Å²) in [7, 11) is 0. The van der Waals surface area contributed by atoms with E-state index in [9.17, 15) is 4.79 Å². The quantitative estimate of drug-likeness (QED) is 0.722. The molecule has 0 spiro atoms. The lowest BCUT2D eigenvalue weighted by Crippen LogP contribution is -2.03. The van der Waals surface area contributed by atoms with Gasteiger partial charge in [0.05, 0.1) is 5.01 Å². The number of thiazole rings is 1. The van der Waals surface area contributed by atoms with Crippen molar-refractivity contribution in [2.24, 2.45) is 0 Å². The second kappa shape index (κ2) is 5.58. The Labute approximate surface area is 101 Å². The van der Waals surface area contributed by atoms with E-state index in [1.165, 1.54) is 50.0 Å². The number of carbonyl (C=O) groups is 1. The minimum absolute atomic E-state index is 0.0911. The van der Waals surface area contributed by atoms with Crippen molar-refractivity contribution in [2.45, 2.75) is 57.8 Å². The zero-order valence-electron chi connectivity index (χ0n) is 9.87. The molecule has 1 aromatic rings. The minimum Gasteiger partial charge on any atom is -0.293 e. The van der Waals surface area contributed by atoms with E-state index in [-0.39, 0.29) is 5.78 Å². The molecule has 1 aliphatic carbocycles. The largest absolute Gasteiger partial charge is 0.293 e. The molecule has 0 bridgehead atoms. The Kier molecular flexibility index (Phi) is 4.10. The van der Waals surface area contributed by atoms with Gasteiger partial charge in [-0.25, -0.2) is 4.98 Å². The Morgan fingerprint density at radius 3 is 2.44 bits per heavy atom. The van der Waals surface area contributed by atoms with Crippen LogP contribution in [0.2, 0.25) is 0 Å². The fourth-order valence-corrected chi connectivity index (χ4v) is 3.37. The lowest BCUT2D eigenvalue weighted by atomic mass is 9.92. The van der Waals surface area contributed by atoms with Crippen LogP contribution in [0.4, 0.5) is 0 Å². The van der Waals surface area contributed by atoms with Gasteiger partial charge in [-0.05, 0) is 12.8 Å². The molecule has 0 N–H and O–H groups in total. The summed E-state index contributed by atoms with van der Waals surface area (Å²) in [6.07, 6.45) is 9.27. The molecule has 2 rings (SSSR count). The standard InChI is InChI=1S/C13H19NOS/c1-10(15)12-9-16-13(14-12)11-7-5-3-2-4-6-8-11/h9,11H,2-8H2,1H3. The number of Topliss-reactive ketones (excluding diaryl/α,β-unsaturated/α-hetero) is 1.